The number of methoxy groups -OCH3 is 2. The summed E-state index contributed by atoms with van der Waals surface area (Å²) in [7, 11) is 3.16. The molecule has 2 aromatic carbocycles. The molecule has 8 heteroatoms. The molecule has 4 rings (SSSR count). The van der Waals surface area contributed by atoms with E-state index in [1.807, 2.05) is 24.3 Å². The van der Waals surface area contributed by atoms with Gasteiger partial charge in [-0.25, -0.2) is 4.39 Å². The molecule has 0 spiro atoms. The van der Waals surface area contributed by atoms with Crippen LogP contribution in [0.25, 0.3) is 6.08 Å². The monoisotopic (exact) mass is 470 g/mol. The van der Waals surface area contributed by atoms with E-state index in [1.54, 1.807) is 38.1 Å². The van der Waals surface area contributed by atoms with Crippen molar-refractivity contribution in [2.75, 3.05) is 14.2 Å². The minimum atomic E-state index is -0.298. The van der Waals surface area contributed by atoms with Crippen LogP contribution in [0, 0.1) is 11.7 Å². The topological polar surface area (TPSA) is 76.7 Å². The Morgan fingerprint density at radius 2 is 1.91 bits per heavy atom. The highest BCUT2D eigenvalue weighted by Crippen LogP contribution is 2.40. The molecule has 1 saturated heterocycles. The molecule has 2 aromatic rings. The number of hydrogen-bond acceptors (Lipinski definition) is 5. The molecule has 2 aliphatic rings. The molecule has 1 saturated carbocycles. The lowest BCUT2D eigenvalue weighted by Crippen LogP contribution is -2.51. The summed E-state index contributed by atoms with van der Waals surface area (Å²) in [5.74, 6) is 0.652. The second kappa shape index (κ2) is 10.3. The third-order valence-electron chi connectivity index (χ3n) is 6.06. The number of hydrogen-bond donors (Lipinski definition) is 2. The second-order valence-corrected chi connectivity index (χ2v) is 9.49. The molecule has 1 aliphatic carbocycles. The molecule has 1 heterocycles. The summed E-state index contributed by atoms with van der Waals surface area (Å²) in [5.41, 5.74) is 1.71. The zero-order valence-electron chi connectivity index (χ0n) is 18.6. The number of carbonyl (C=O) groups is 2. The van der Waals surface area contributed by atoms with Gasteiger partial charge in [-0.2, -0.15) is 0 Å². The molecule has 3 atom stereocenters. The molecular weight excluding hydrogens is 443 g/mol. The zero-order valence-corrected chi connectivity index (χ0v) is 19.4. The van der Waals surface area contributed by atoms with Crippen LogP contribution in [0.4, 0.5) is 4.39 Å². The average molecular weight is 471 g/mol. The van der Waals surface area contributed by atoms with Crippen LogP contribution in [0.3, 0.4) is 0 Å². The van der Waals surface area contributed by atoms with Gasteiger partial charge >= 0.3 is 0 Å². The Hall–Kier alpha value is -3.00. The van der Waals surface area contributed by atoms with E-state index in [2.05, 4.69) is 10.6 Å². The average Bonchev–Trinajstić information content (AvgIpc) is 2.83. The number of amides is 2. The number of fused-ring (bicyclic) bond motifs is 1. The number of benzene rings is 2. The molecule has 2 fully saturated rings. The Labute approximate surface area is 196 Å². The highest BCUT2D eigenvalue weighted by atomic mass is 32.2. The smallest absolute Gasteiger partial charge is 0.257 e. The minimum absolute atomic E-state index is 0.0244. The molecule has 2 amide bonds. The lowest BCUT2D eigenvalue weighted by atomic mass is 9.84. The van der Waals surface area contributed by atoms with Crippen molar-refractivity contribution in [1.29, 1.82) is 0 Å². The van der Waals surface area contributed by atoms with Gasteiger partial charge in [-0.05, 0) is 60.7 Å². The molecule has 174 valence electrons. The maximum absolute atomic E-state index is 13.0. The van der Waals surface area contributed by atoms with Gasteiger partial charge in [0.1, 0.15) is 5.82 Å². The lowest BCUT2D eigenvalue weighted by Gasteiger charge is -2.39. The van der Waals surface area contributed by atoms with Crippen LogP contribution >= 0.6 is 11.8 Å². The van der Waals surface area contributed by atoms with E-state index in [9.17, 15) is 14.0 Å². The molecule has 0 aromatic heterocycles. The Bertz CT molecular complexity index is 1060. The van der Waals surface area contributed by atoms with Crippen LogP contribution < -0.4 is 20.1 Å². The van der Waals surface area contributed by atoms with Crippen molar-refractivity contribution < 1.29 is 23.5 Å². The summed E-state index contributed by atoms with van der Waals surface area (Å²) in [6, 6.07) is 11.6. The predicted molar refractivity (Wildman–Crippen MR) is 126 cm³/mol. The maximum atomic E-state index is 13.0. The highest BCUT2D eigenvalue weighted by Gasteiger charge is 2.39. The summed E-state index contributed by atoms with van der Waals surface area (Å²) in [6.07, 6.45) is 4.08. The predicted octanol–water partition coefficient (Wildman–Crippen LogP) is 3.90. The fourth-order valence-electron chi connectivity index (χ4n) is 4.26. The summed E-state index contributed by atoms with van der Waals surface area (Å²) in [4.78, 5) is 26.1. The first-order valence-corrected chi connectivity index (χ1v) is 11.8. The van der Waals surface area contributed by atoms with Crippen molar-refractivity contribution in [1.82, 2.24) is 10.6 Å². The van der Waals surface area contributed by atoms with E-state index in [0.29, 0.717) is 29.4 Å². The molecule has 33 heavy (non-hydrogen) atoms. The lowest BCUT2D eigenvalue weighted by molar-refractivity contribution is -0.127. The van der Waals surface area contributed by atoms with Gasteiger partial charge in [0.2, 0.25) is 5.91 Å². The zero-order chi connectivity index (χ0) is 23.4. The van der Waals surface area contributed by atoms with Gasteiger partial charge < -0.3 is 20.1 Å². The third-order valence-corrected chi connectivity index (χ3v) is 7.49. The van der Waals surface area contributed by atoms with Crippen molar-refractivity contribution in [2.45, 2.75) is 37.1 Å². The first kappa shape index (κ1) is 23.2. The van der Waals surface area contributed by atoms with Crippen molar-refractivity contribution in [3.05, 3.63) is 64.3 Å². The SMILES string of the molecule is COc1ccc(/C=C2/SC3CCC(C(=O)NCc4ccc(F)cc4)CC3NC2=O)cc1OC. The second-order valence-electron chi connectivity index (χ2n) is 8.21. The molecular formula is C25H27FN2O4S. The van der Waals surface area contributed by atoms with Gasteiger partial charge in [-0.1, -0.05) is 18.2 Å². The number of carbonyl (C=O) groups excluding carboxylic acids is 2. The first-order chi connectivity index (χ1) is 16.0. The maximum Gasteiger partial charge on any atom is 0.257 e. The largest absolute Gasteiger partial charge is 0.493 e. The van der Waals surface area contributed by atoms with E-state index >= 15 is 0 Å². The van der Waals surface area contributed by atoms with Gasteiger partial charge in [0.15, 0.2) is 11.5 Å². The van der Waals surface area contributed by atoms with Gasteiger partial charge in [-0.3, -0.25) is 9.59 Å². The molecule has 0 radical (unpaired) electrons. The number of thioether (sulfide) groups is 1. The Morgan fingerprint density at radius 1 is 1.15 bits per heavy atom. The summed E-state index contributed by atoms with van der Waals surface area (Å²) in [6.45, 7) is 0.364. The van der Waals surface area contributed by atoms with E-state index in [-0.39, 0.29) is 34.8 Å². The summed E-state index contributed by atoms with van der Waals surface area (Å²) >= 11 is 1.58. The number of ether oxygens (including phenoxy) is 2. The quantitative estimate of drug-likeness (QED) is 0.627. The summed E-state index contributed by atoms with van der Waals surface area (Å²) in [5, 5.41) is 6.27. The Balaban J connectivity index is 1.36. The molecule has 1 aliphatic heterocycles. The van der Waals surface area contributed by atoms with E-state index in [0.717, 1.165) is 24.0 Å². The summed E-state index contributed by atoms with van der Waals surface area (Å²) < 4.78 is 23.7. The van der Waals surface area contributed by atoms with Crippen molar-refractivity contribution in [3.8, 4) is 11.5 Å². The van der Waals surface area contributed by atoms with Crippen LogP contribution in [-0.2, 0) is 16.1 Å². The molecule has 0 bridgehead atoms. The normalized spacial score (nSPS) is 23.4. The van der Waals surface area contributed by atoms with Crippen LogP contribution in [0.2, 0.25) is 0 Å². The number of halogens is 1. The Morgan fingerprint density at radius 3 is 2.64 bits per heavy atom. The van der Waals surface area contributed by atoms with Crippen LogP contribution in [-0.4, -0.2) is 37.3 Å². The van der Waals surface area contributed by atoms with E-state index in [1.165, 1.54) is 12.1 Å². The van der Waals surface area contributed by atoms with Gasteiger partial charge in [-0.15, -0.1) is 11.8 Å². The van der Waals surface area contributed by atoms with E-state index < -0.39 is 0 Å². The van der Waals surface area contributed by atoms with Crippen LogP contribution in [0.5, 0.6) is 11.5 Å². The minimum Gasteiger partial charge on any atom is -0.493 e. The van der Waals surface area contributed by atoms with Crippen LogP contribution in [0.1, 0.15) is 30.4 Å². The number of rotatable bonds is 6. The van der Waals surface area contributed by atoms with Crippen molar-refractivity contribution >= 4 is 29.7 Å². The highest BCUT2D eigenvalue weighted by molar-refractivity contribution is 8.04. The van der Waals surface area contributed by atoms with E-state index in [4.69, 9.17) is 9.47 Å². The standard InChI is InChI=1S/C25H27FN2O4S/c1-31-20-9-5-16(11-21(20)32-2)12-23-25(30)28-19-13-17(6-10-22(19)33-23)24(29)27-14-15-3-7-18(26)8-4-15/h3-5,7-9,11-12,17,19,22H,6,10,13-14H2,1-2H3,(H,27,29)(H,28,30)/b23-12+. The van der Waals surface area contributed by atoms with Gasteiger partial charge in [0, 0.05) is 23.8 Å². The van der Waals surface area contributed by atoms with Gasteiger partial charge in [0.05, 0.1) is 19.1 Å². The van der Waals surface area contributed by atoms with Gasteiger partial charge in [0.25, 0.3) is 5.91 Å². The molecule has 6 nitrogen and oxygen atoms in total. The fourth-order valence-corrected chi connectivity index (χ4v) is 5.55. The molecule has 3 unspecified atom stereocenters. The third kappa shape index (κ3) is 5.50. The molecule has 2 N–H and O–H groups in total. The van der Waals surface area contributed by atoms with Crippen molar-refractivity contribution in [3.63, 3.8) is 0 Å². The van der Waals surface area contributed by atoms with Crippen molar-refractivity contribution in [2.24, 2.45) is 5.92 Å². The van der Waals surface area contributed by atoms with Crippen LogP contribution in [0.15, 0.2) is 47.4 Å². The Kier molecular flexibility index (Phi) is 7.23. The first-order valence-electron chi connectivity index (χ1n) is 10.9. The fraction of sp³-hybridized carbons (Fsp3) is 0.360. The number of nitrogens with one attached hydrogen (secondary N) is 2.